The van der Waals surface area contributed by atoms with Crippen LogP contribution in [0, 0.1) is 0 Å². The quantitative estimate of drug-likeness (QED) is 0.514. The van der Waals surface area contributed by atoms with Crippen molar-refractivity contribution in [1.29, 1.82) is 0 Å². The molecule has 150 valence electrons. The van der Waals surface area contributed by atoms with E-state index in [9.17, 15) is 31.4 Å². The number of nitrogens with zero attached hydrogens (tertiary/aromatic N) is 1. The average molecular weight is 412 g/mol. The zero-order chi connectivity index (χ0) is 20.2. The molecule has 2 rings (SSSR count). The van der Waals surface area contributed by atoms with E-state index in [4.69, 9.17) is 0 Å². The summed E-state index contributed by atoms with van der Waals surface area (Å²) in [5, 5.41) is 13.1. The molecule has 3 nitrogen and oxygen atoms in total. The topological polar surface area (TPSA) is 45.1 Å². The number of thioether (sulfide) groups is 1. The van der Waals surface area contributed by atoms with Crippen LogP contribution in [0.25, 0.3) is 10.9 Å². The van der Waals surface area contributed by atoms with E-state index in [1.165, 1.54) is 6.07 Å². The molecule has 10 heteroatoms. The molecule has 0 aliphatic rings. The van der Waals surface area contributed by atoms with Gasteiger partial charge in [0, 0.05) is 11.9 Å². The van der Waals surface area contributed by atoms with Crippen LogP contribution in [-0.4, -0.2) is 35.2 Å². The van der Waals surface area contributed by atoms with Crippen LogP contribution in [0.15, 0.2) is 24.3 Å². The van der Waals surface area contributed by atoms with Crippen molar-refractivity contribution in [2.24, 2.45) is 0 Å². The zero-order valence-electron chi connectivity index (χ0n) is 14.3. The molecule has 0 saturated carbocycles. The minimum Gasteiger partial charge on any atom is -0.387 e. The first-order valence-corrected chi connectivity index (χ1v) is 9.41. The van der Waals surface area contributed by atoms with Crippen LogP contribution in [-0.2, 0) is 12.4 Å². The lowest BCUT2D eigenvalue weighted by Crippen LogP contribution is -2.24. The molecule has 0 bridgehead atoms. The van der Waals surface area contributed by atoms with Gasteiger partial charge in [-0.1, -0.05) is 12.1 Å². The Morgan fingerprint density at radius 3 is 2.44 bits per heavy atom. The molecule has 0 aliphatic heterocycles. The summed E-state index contributed by atoms with van der Waals surface area (Å²) < 4.78 is 79.0. The number of rotatable bonds is 7. The van der Waals surface area contributed by atoms with E-state index in [0.29, 0.717) is 18.7 Å². The second kappa shape index (κ2) is 8.66. The molecule has 1 unspecified atom stereocenters. The van der Waals surface area contributed by atoms with Crippen LogP contribution in [0.1, 0.15) is 29.3 Å². The smallest absolute Gasteiger partial charge is 0.387 e. The summed E-state index contributed by atoms with van der Waals surface area (Å²) in [6.07, 6.45) is -8.50. The summed E-state index contributed by atoms with van der Waals surface area (Å²) in [6.45, 7) is 0.446. The third kappa shape index (κ3) is 5.49. The van der Waals surface area contributed by atoms with E-state index >= 15 is 0 Å². The molecule has 0 saturated heterocycles. The maximum Gasteiger partial charge on any atom is 0.433 e. The molecule has 2 aromatic rings. The van der Waals surface area contributed by atoms with Gasteiger partial charge >= 0.3 is 12.4 Å². The highest BCUT2D eigenvalue weighted by Gasteiger charge is 2.37. The number of fused-ring (bicyclic) bond motifs is 1. The van der Waals surface area contributed by atoms with Gasteiger partial charge in [-0.05, 0) is 42.7 Å². The number of hydrogen-bond acceptors (Lipinski definition) is 4. The van der Waals surface area contributed by atoms with Gasteiger partial charge < -0.3 is 10.4 Å². The Bertz CT molecular complexity index is 778. The second-order valence-corrected chi connectivity index (χ2v) is 6.85. The first-order valence-electron chi connectivity index (χ1n) is 8.01. The Morgan fingerprint density at radius 2 is 1.85 bits per heavy atom. The molecule has 1 heterocycles. The highest BCUT2D eigenvalue weighted by atomic mass is 32.2. The number of para-hydroxylation sites is 1. The third-order valence-electron chi connectivity index (χ3n) is 3.87. The Morgan fingerprint density at radius 1 is 1.15 bits per heavy atom. The molecule has 0 aliphatic carbocycles. The monoisotopic (exact) mass is 412 g/mol. The average Bonchev–Trinajstić information content (AvgIpc) is 2.58. The van der Waals surface area contributed by atoms with Crippen molar-refractivity contribution >= 4 is 22.7 Å². The summed E-state index contributed by atoms with van der Waals surface area (Å²) in [5.74, 6) is 0.869. The fourth-order valence-corrected chi connectivity index (χ4v) is 3.05. The Balaban J connectivity index is 2.47. The number of aromatic nitrogens is 1. The normalized spacial score (nSPS) is 13.9. The zero-order valence-corrected chi connectivity index (χ0v) is 15.1. The van der Waals surface area contributed by atoms with Crippen LogP contribution in [0.3, 0.4) is 0 Å². The minimum absolute atomic E-state index is 0.0823. The van der Waals surface area contributed by atoms with Crippen molar-refractivity contribution in [3.63, 3.8) is 0 Å². The molecule has 0 radical (unpaired) electrons. The minimum atomic E-state index is -4.94. The number of benzene rings is 1. The maximum absolute atomic E-state index is 13.2. The van der Waals surface area contributed by atoms with Gasteiger partial charge in [0.2, 0.25) is 0 Å². The molecule has 1 aromatic carbocycles. The standard InChI is InChI=1S/C17H18F6N2OS/c1-27-7-3-6-24-9-13(26)11-8-14(17(21,22)23)25-15-10(11)4-2-5-12(15)16(18,19)20/h2,4-5,8,13,24,26H,3,6-7,9H2,1H3. The molecule has 0 amide bonds. The fourth-order valence-electron chi connectivity index (χ4n) is 2.61. The van der Waals surface area contributed by atoms with Crippen molar-refractivity contribution in [3.05, 3.63) is 41.1 Å². The first kappa shape index (κ1) is 21.8. The van der Waals surface area contributed by atoms with Gasteiger partial charge in [-0.3, -0.25) is 0 Å². The Labute approximate surface area is 156 Å². The SMILES string of the molecule is CSCCCNCC(O)c1cc(C(F)(F)F)nc2c(C(F)(F)F)cccc12. The predicted octanol–water partition coefficient (Wildman–Crippen LogP) is 4.65. The van der Waals surface area contributed by atoms with E-state index in [0.717, 1.165) is 18.2 Å². The summed E-state index contributed by atoms with van der Waals surface area (Å²) in [5.41, 5.74) is -3.80. The van der Waals surface area contributed by atoms with Gasteiger partial charge in [-0.25, -0.2) is 4.98 Å². The largest absolute Gasteiger partial charge is 0.433 e. The van der Waals surface area contributed by atoms with Crippen LogP contribution < -0.4 is 5.32 Å². The summed E-state index contributed by atoms with van der Waals surface area (Å²) >= 11 is 1.62. The summed E-state index contributed by atoms with van der Waals surface area (Å²) in [4.78, 5) is 3.20. The highest BCUT2D eigenvalue weighted by Crippen LogP contribution is 2.38. The van der Waals surface area contributed by atoms with Crippen LogP contribution in [0.2, 0.25) is 0 Å². The van der Waals surface area contributed by atoms with Gasteiger partial charge in [0.25, 0.3) is 0 Å². The van der Waals surface area contributed by atoms with Crippen molar-refractivity contribution in [3.8, 4) is 0 Å². The van der Waals surface area contributed by atoms with Crippen LogP contribution in [0.4, 0.5) is 26.3 Å². The molecule has 27 heavy (non-hydrogen) atoms. The predicted molar refractivity (Wildman–Crippen MR) is 92.6 cm³/mol. The molecule has 1 atom stereocenters. The molecule has 0 spiro atoms. The molecular weight excluding hydrogens is 394 g/mol. The summed E-state index contributed by atoms with van der Waals surface area (Å²) in [7, 11) is 0. The van der Waals surface area contributed by atoms with Gasteiger partial charge in [0.15, 0.2) is 0 Å². The third-order valence-corrected chi connectivity index (χ3v) is 4.56. The van der Waals surface area contributed by atoms with Gasteiger partial charge in [0.05, 0.1) is 17.2 Å². The lowest BCUT2D eigenvalue weighted by Gasteiger charge is -2.19. The molecule has 2 N–H and O–H groups in total. The highest BCUT2D eigenvalue weighted by molar-refractivity contribution is 7.98. The van der Waals surface area contributed by atoms with Gasteiger partial charge in [-0.2, -0.15) is 38.1 Å². The Hall–Kier alpha value is -1.52. The number of halogens is 6. The van der Waals surface area contributed by atoms with Crippen molar-refractivity contribution in [1.82, 2.24) is 10.3 Å². The van der Waals surface area contributed by atoms with E-state index < -0.39 is 35.2 Å². The second-order valence-electron chi connectivity index (χ2n) is 5.86. The Kier molecular flexibility index (Phi) is 6.98. The van der Waals surface area contributed by atoms with E-state index in [1.807, 2.05) is 6.26 Å². The van der Waals surface area contributed by atoms with E-state index in [-0.39, 0.29) is 17.5 Å². The van der Waals surface area contributed by atoms with Crippen molar-refractivity contribution in [2.45, 2.75) is 24.9 Å². The molecule has 0 fully saturated rings. The van der Waals surface area contributed by atoms with Crippen molar-refractivity contribution in [2.75, 3.05) is 25.1 Å². The first-order chi connectivity index (χ1) is 12.6. The number of pyridine rings is 1. The number of alkyl halides is 6. The number of hydrogen-bond donors (Lipinski definition) is 2. The molecular formula is C17H18F6N2OS. The number of aliphatic hydroxyl groups excluding tert-OH is 1. The van der Waals surface area contributed by atoms with E-state index in [2.05, 4.69) is 10.3 Å². The van der Waals surface area contributed by atoms with Gasteiger partial charge in [0.1, 0.15) is 5.69 Å². The lowest BCUT2D eigenvalue weighted by molar-refractivity contribution is -0.142. The van der Waals surface area contributed by atoms with E-state index in [1.54, 1.807) is 11.8 Å². The van der Waals surface area contributed by atoms with Gasteiger partial charge in [-0.15, -0.1) is 0 Å². The lowest BCUT2D eigenvalue weighted by atomic mass is 9.99. The summed E-state index contributed by atoms with van der Waals surface area (Å²) in [6, 6.07) is 3.59. The van der Waals surface area contributed by atoms with Crippen LogP contribution >= 0.6 is 11.8 Å². The van der Waals surface area contributed by atoms with Crippen molar-refractivity contribution < 1.29 is 31.4 Å². The van der Waals surface area contributed by atoms with Crippen LogP contribution in [0.5, 0.6) is 0 Å². The maximum atomic E-state index is 13.2. The number of aliphatic hydroxyl groups is 1. The molecule has 1 aromatic heterocycles. The fraction of sp³-hybridized carbons (Fsp3) is 0.471. The number of nitrogens with one attached hydrogen (secondary N) is 1.